The quantitative estimate of drug-likeness (QED) is 0.657. The number of benzene rings is 2. The van der Waals surface area contributed by atoms with Crippen LogP contribution in [0.5, 0.6) is 11.5 Å². The Kier molecular flexibility index (Phi) is 6.04. The molecule has 0 unspecified atom stereocenters. The smallest absolute Gasteiger partial charge is 0.255 e. The van der Waals surface area contributed by atoms with Gasteiger partial charge in [-0.15, -0.1) is 0 Å². The average molecular weight is 366 g/mol. The molecule has 0 saturated carbocycles. The van der Waals surface area contributed by atoms with Crippen molar-refractivity contribution in [3.8, 4) is 17.2 Å². The van der Waals surface area contributed by atoms with Gasteiger partial charge in [0.25, 0.3) is 5.91 Å². The van der Waals surface area contributed by atoms with Gasteiger partial charge in [-0.2, -0.15) is 5.10 Å². The predicted octanol–water partition coefficient (Wildman–Crippen LogP) is 3.71. The molecule has 1 heterocycles. The highest BCUT2D eigenvalue weighted by molar-refractivity contribution is 6.05. The second kappa shape index (κ2) is 8.84. The number of carbonyl (C=O) groups excluding carboxylic acids is 1. The molecule has 0 aliphatic heterocycles. The third-order valence-corrected chi connectivity index (χ3v) is 3.79. The number of aromatic nitrogens is 3. The molecule has 3 rings (SSSR count). The molecular formula is C20H22N4O3. The minimum Gasteiger partial charge on any atom is -0.490 e. The fourth-order valence-electron chi connectivity index (χ4n) is 2.56. The number of amides is 1. The van der Waals surface area contributed by atoms with E-state index in [2.05, 4.69) is 15.4 Å². The Morgan fingerprint density at radius 1 is 1.11 bits per heavy atom. The van der Waals surface area contributed by atoms with Crippen LogP contribution in [0, 0.1) is 0 Å². The number of rotatable bonds is 8. The molecule has 0 radical (unpaired) electrons. The molecule has 3 aromatic rings. The summed E-state index contributed by atoms with van der Waals surface area (Å²) < 4.78 is 12.9. The Morgan fingerprint density at radius 2 is 1.96 bits per heavy atom. The molecule has 7 heteroatoms. The van der Waals surface area contributed by atoms with E-state index in [4.69, 9.17) is 9.47 Å². The van der Waals surface area contributed by atoms with Crippen molar-refractivity contribution in [1.82, 2.24) is 14.8 Å². The SMILES string of the molecule is CCCOc1ccc(C(=O)Nc2ccccc2-n2cncn2)cc1OCC. The molecule has 0 spiro atoms. The number of carbonyl (C=O) groups is 1. The average Bonchev–Trinajstić information content (AvgIpc) is 3.22. The van der Waals surface area contributed by atoms with Gasteiger partial charge in [0.1, 0.15) is 12.7 Å². The largest absolute Gasteiger partial charge is 0.490 e. The fraction of sp³-hybridized carbons (Fsp3) is 0.250. The van der Waals surface area contributed by atoms with Crippen LogP contribution in [0.25, 0.3) is 5.69 Å². The summed E-state index contributed by atoms with van der Waals surface area (Å²) in [4.78, 5) is 16.7. The lowest BCUT2D eigenvalue weighted by Crippen LogP contribution is -2.14. The van der Waals surface area contributed by atoms with Crippen molar-refractivity contribution in [2.24, 2.45) is 0 Å². The number of para-hydroxylation sites is 2. The van der Waals surface area contributed by atoms with E-state index in [1.54, 1.807) is 29.2 Å². The van der Waals surface area contributed by atoms with E-state index in [-0.39, 0.29) is 5.91 Å². The topological polar surface area (TPSA) is 78.3 Å². The molecule has 0 bridgehead atoms. The first-order valence-electron chi connectivity index (χ1n) is 8.88. The van der Waals surface area contributed by atoms with E-state index in [1.165, 1.54) is 6.33 Å². The molecule has 27 heavy (non-hydrogen) atoms. The first-order valence-corrected chi connectivity index (χ1v) is 8.88. The standard InChI is InChI=1S/C20H22N4O3/c1-3-11-27-18-10-9-15(12-19(18)26-4-2)20(25)23-16-7-5-6-8-17(16)24-14-21-13-22-24/h5-10,12-14H,3-4,11H2,1-2H3,(H,23,25). The molecule has 2 aromatic carbocycles. The predicted molar refractivity (Wildman–Crippen MR) is 103 cm³/mol. The van der Waals surface area contributed by atoms with Crippen molar-refractivity contribution >= 4 is 11.6 Å². The lowest BCUT2D eigenvalue weighted by Gasteiger charge is -2.14. The molecule has 1 amide bonds. The first-order chi connectivity index (χ1) is 13.2. The van der Waals surface area contributed by atoms with E-state index >= 15 is 0 Å². The lowest BCUT2D eigenvalue weighted by atomic mass is 10.1. The second-order valence-corrected chi connectivity index (χ2v) is 5.75. The lowest BCUT2D eigenvalue weighted by molar-refractivity contribution is 0.102. The number of nitrogens with one attached hydrogen (secondary N) is 1. The van der Waals surface area contributed by atoms with Crippen LogP contribution in [0.15, 0.2) is 55.1 Å². The molecule has 0 aliphatic rings. The number of nitrogens with zero attached hydrogens (tertiary/aromatic N) is 3. The van der Waals surface area contributed by atoms with Crippen LogP contribution >= 0.6 is 0 Å². The molecule has 0 fully saturated rings. The molecule has 140 valence electrons. The highest BCUT2D eigenvalue weighted by Crippen LogP contribution is 2.29. The fourth-order valence-corrected chi connectivity index (χ4v) is 2.56. The summed E-state index contributed by atoms with van der Waals surface area (Å²) in [6, 6.07) is 12.6. The summed E-state index contributed by atoms with van der Waals surface area (Å²) in [5.41, 5.74) is 1.85. The van der Waals surface area contributed by atoms with Gasteiger partial charge < -0.3 is 14.8 Å². The maximum absolute atomic E-state index is 12.8. The monoisotopic (exact) mass is 366 g/mol. The van der Waals surface area contributed by atoms with Crippen molar-refractivity contribution in [2.75, 3.05) is 18.5 Å². The van der Waals surface area contributed by atoms with Crippen molar-refractivity contribution < 1.29 is 14.3 Å². The Hall–Kier alpha value is -3.35. The van der Waals surface area contributed by atoms with Crippen molar-refractivity contribution in [3.63, 3.8) is 0 Å². The Bertz CT molecular complexity index is 894. The summed E-state index contributed by atoms with van der Waals surface area (Å²) in [7, 11) is 0. The summed E-state index contributed by atoms with van der Waals surface area (Å²) >= 11 is 0. The molecule has 0 atom stereocenters. The van der Waals surface area contributed by atoms with Gasteiger partial charge in [0.05, 0.1) is 24.6 Å². The summed E-state index contributed by atoms with van der Waals surface area (Å²) in [5.74, 6) is 0.951. The minimum atomic E-state index is -0.245. The Labute approximate surface area is 158 Å². The zero-order chi connectivity index (χ0) is 19.1. The third kappa shape index (κ3) is 4.44. The van der Waals surface area contributed by atoms with Gasteiger partial charge in [-0.1, -0.05) is 19.1 Å². The summed E-state index contributed by atoms with van der Waals surface area (Å²) in [6.07, 6.45) is 3.92. The van der Waals surface area contributed by atoms with E-state index in [1.807, 2.05) is 38.1 Å². The molecule has 1 N–H and O–H groups in total. The zero-order valence-corrected chi connectivity index (χ0v) is 15.4. The minimum absolute atomic E-state index is 0.245. The zero-order valence-electron chi connectivity index (χ0n) is 15.4. The highest BCUT2D eigenvalue weighted by Gasteiger charge is 2.14. The number of anilines is 1. The van der Waals surface area contributed by atoms with Crippen LogP contribution in [0.2, 0.25) is 0 Å². The summed E-state index contributed by atoms with van der Waals surface area (Å²) in [5, 5.41) is 7.05. The number of hydrogen-bond acceptors (Lipinski definition) is 5. The molecule has 1 aromatic heterocycles. The van der Waals surface area contributed by atoms with Crippen LogP contribution in [0.1, 0.15) is 30.6 Å². The van der Waals surface area contributed by atoms with E-state index < -0.39 is 0 Å². The molecular weight excluding hydrogens is 344 g/mol. The molecule has 7 nitrogen and oxygen atoms in total. The Morgan fingerprint density at radius 3 is 2.70 bits per heavy atom. The van der Waals surface area contributed by atoms with Crippen LogP contribution in [-0.2, 0) is 0 Å². The van der Waals surface area contributed by atoms with Gasteiger partial charge in [0.2, 0.25) is 0 Å². The number of ether oxygens (including phenoxy) is 2. The van der Waals surface area contributed by atoms with Gasteiger partial charge in [-0.05, 0) is 43.7 Å². The third-order valence-electron chi connectivity index (χ3n) is 3.79. The maximum Gasteiger partial charge on any atom is 0.255 e. The first kappa shape index (κ1) is 18.4. The van der Waals surface area contributed by atoms with Gasteiger partial charge in [-0.3, -0.25) is 4.79 Å². The second-order valence-electron chi connectivity index (χ2n) is 5.75. The van der Waals surface area contributed by atoms with Crippen LogP contribution < -0.4 is 14.8 Å². The number of hydrogen-bond donors (Lipinski definition) is 1. The highest BCUT2D eigenvalue weighted by atomic mass is 16.5. The van der Waals surface area contributed by atoms with Crippen LogP contribution in [-0.4, -0.2) is 33.9 Å². The molecule has 0 saturated heterocycles. The van der Waals surface area contributed by atoms with E-state index in [9.17, 15) is 4.79 Å². The van der Waals surface area contributed by atoms with Crippen molar-refractivity contribution in [2.45, 2.75) is 20.3 Å². The Balaban J connectivity index is 1.84. The summed E-state index contributed by atoms with van der Waals surface area (Å²) in [6.45, 7) is 5.01. The van der Waals surface area contributed by atoms with Gasteiger partial charge >= 0.3 is 0 Å². The van der Waals surface area contributed by atoms with Crippen molar-refractivity contribution in [1.29, 1.82) is 0 Å². The maximum atomic E-state index is 12.8. The molecule has 0 aliphatic carbocycles. The van der Waals surface area contributed by atoms with Gasteiger partial charge in [-0.25, -0.2) is 9.67 Å². The van der Waals surface area contributed by atoms with Gasteiger partial charge in [0.15, 0.2) is 11.5 Å². The van der Waals surface area contributed by atoms with E-state index in [0.717, 1.165) is 12.1 Å². The van der Waals surface area contributed by atoms with E-state index in [0.29, 0.717) is 36.0 Å². The van der Waals surface area contributed by atoms with Crippen LogP contribution in [0.4, 0.5) is 5.69 Å². The normalized spacial score (nSPS) is 10.4. The van der Waals surface area contributed by atoms with Gasteiger partial charge in [0, 0.05) is 5.56 Å². The van der Waals surface area contributed by atoms with Crippen LogP contribution in [0.3, 0.4) is 0 Å². The van der Waals surface area contributed by atoms with Crippen molar-refractivity contribution in [3.05, 3.63) is 60.7 Å².